The van der Waals surface area contributed by atoms with Crippen molar-refractivity contribution in [3.63, 3.8) is 0 Å². The van der Waals surface area contributed by atoms with Crippen molar-refractivity contribution in [1.29, 1.82) is 0 Å². The van der Waals surface area contributed by atoms with Crippen molar-refractivity contribution in [2.45, 2.75) is 13.1 Å². The summed E-state index contributed by atoms with van der Waals surface area (Å²) in [5, 5.41) is 0. The molecule has 0 saturated carbocycles. The minimum Gasteiger partial charge on any atom is -0.408 e. The third kappa shape index (κ3) is 3.00. The number of carbonyl (C=O) groups is 1. The van der Waals surface area contributed by atoms with Crippen LogP contribution < -0.4 is 5.76 Å². The van der Waals surface area contributed by atoms with Crippen LogP contribution in [0, 0.1) is 0 Å². The maximum Gasteiger partial charge on any atom is 0.420 e. The van der Waals surface area contributed by atoms with Gasteiger partial charge >= 0.3 is 5.76 Å². The lowest BCUT2D eigenvalue weighted by Gasteiger charge is -2.16. The first-order chi connectivity index (χ1) is 10.5. The summed E-state index contributed by atoms with van der Waals surface area (Å²) < 4.78 is 7.52. The van der Waals surface area contributed by atoms with E-state index in [4.69, 9.17) is 4.42 Å². The first-order valence-electron chi connectivity index (χ1n) is 6.61. The number of carbonyl (C=O) groups excluding carboxylic acids is 1. The Morgan fingerprint density at radius 2 is 2.09 bits per heavy atom. The lowest BCUT2D eigenvalue weighted by atomic mass is 10.3. The van der Waals surface area contributed by atoms with E-state index in [2.05, 4.69) is 15.9 Å². The van der Waals surface area contributed by atoms with E-state index < -0.39 is 5.76 Å². The fraction of sp³-hybridized carbons (Fsp3) is 0.200. The Hall–Kier alpha value is -1.86. The molecule has 0 aliphatic carbocycles. The van der Waals surface area contributed by atoms with E-state index >= 15 is 0 Å². The summed E-state index contributed by atoms with van der Waals surface area (Å²) in [4.78, 5) is 26.9. The number of oxazole rings is 1. The topological polar surface area (TPSA) is 55.5 Å². The number of para-hydroxylation sites is 2. The molecule has 0 aliphatic rings. The van der Waals surface area contributed by atoms with Crippen LogP contribution in [0.3, 0.4) is 0 Å². The fourth-order valence-corrected chi connectivity index (χ4v) is 3.72. The molecular weight excluding hydrogens is 368 g/mol. The number of likely N-dealkylation sites (N-methyl/N-ethyl adjacent to an activating group) is 1. The highest BCUT2D eigenvalue weighted by Gasteiger charge is 2.16. The van der Waals surface area contributed by atoms with Crippen molar-refractivity contribution in [3.05, 3.63) is 55.6 Å². The van der Waals surface area contributed by atoms with E-state index in [9.17, 15) is 9.59 Å². The van der Waals surface area contributed by atoms with Crippen LogP contribution in [0.25, 0.3) is 11.1 Å². The molecule has 1 amide bonds. The van der Waals surface area contributed by atoms with E-state index in [1.165, 1.54) is 4.57 Å². The minimum absolute atomic E-state index is 0.0289. The number of fused-ring (bicyclic) bond motifs is 1. The summed E-state index contributed by atoms with van der Waals surface area (Å²) in [6.45, 7) is 0.485. The molecule has 7 heteroatoms. The van der Waals surface area contributed by atoms with Gasteiger partial charge in [-0.2, -0.15) is 0 Å². The van der Waals surface area contributed by atoms with Crippen molar-refractivity contribution in [3.8, 4) is 0 Å². The average Bonchev–Trinajstić information content (AvgIpc) is 3.03. The van der Waals surface area contributed by atoms with Gasteiger partial charge in [0.15, 0.2) is 5.58 Å². The van der Waals surface area contributed by atoms with Gasteiger partial charge < -0.3 is 9.32 Å². The molecule has 0 fully saturated rings. The smallest absolute Gasteiger partial charge is 0.408 e. The van der Waals surface area contributed by atoms with Crippen molar-refractivity contribution in [2.24, 2.45) is 0 Å². The Kier molecular flexibility index (Phi) is 4.17. The molecule has 5 nitrogen and oxygen atoms in total. The highest BCUT2D eigenvalue weighted by molar-refractivity contribution is 9.11. The molecule has 0 spiro atoms. The lowest BCUT2D eigenvalue weighted by molar-refractivity contribution is -0.131. The van der Waals surface area contributed by atoms with Crippen LogP contribution in [0.15, 0.2) is 49.4 Å². The highest BCUT2D eigenvalue weighted by Crippen LogP contribution is 2.23. The van der Waals surface area contributed by atoms with Crippen LogP contribution in [-0.4, -0.2) is 22.4 Å². The molecule has 0 radical (unpaired) electrons. The Bertz CT molecular complexity index is 880. The normalized spacial score (nSPS) is 11.0. The molecule has 2 aromatic heterocycles. The van der Waals surface area contributed by atoms with Gasteiger partial charge in [0.2, 0.25) is 5.91 Å². The largest absolute Gasteiger partial charge is 0.420 e. The van der Waals surface area contributed by atoms with Crippen molar-refractivity contribution >= 4 is 44.3 Å². The third-order valence-corrected chi connectivity index (χ3v) is 4.92. The lowest BCUT2D eigenvalue weighted by Crippen LogP contribution is -2.32. The summed E-state index contributed by atoms with van der Waals surface area (Å²) in [6, 6.07) is 11.0. The number of halogens is 1. The van der Waals surface area contributed by atoms with Crippen LogP contribution in [0.2, 0.25) is 0 Å². The fourth-order valence-electron chi connectivity index (χ4n) is 2.18. The van der Waals surface area contributed by atoms with E-state index in [1.54, 1.807) is 41.5 Å². The zero-order chi connectivity index (χ0) is 15.7. The Balaban J connectivity index is 1.78. The van der Waals surface area contributed by atoms with E-state index in [-0.39, 0.29) is 12.5 Å². The van der Waals surface area contributed by atoms with Gasteiger partial charge in [-0.15, -0.1) is 11.3 Å². The second kappa shape index (κ2) is 6.10. The maximum absolute atomic E-state index is 12.3. The van der Waals surface area contributed by atoms with Crippen LogP contribution in [0.5, 0.6) is 0 Å². The number of amides is 1. The molecule has 3 rings (SSSR count). The summed E-state index contributed by atoms with van der Waals surface area (Å²) in [5.41, 5.74) is 1.12. The van der Waals surface area contributed by atoms with Gasteiger partial charge in [0.1, 0.15) is 6.54 Å². The van der Waals surface area contributed by atoms with E-state index in [1.807, 2.05) is 18.2 Å². The SMILES string of the molecule is CN(Cc1ccc(Br)s1)C(=O)Cn1c(=O)oc2ccccc21. The third-order valence-electron chi connectivity index (χ3n) is 3.31. The first-order valence-corrected chi connectivity index (χ1v) is 8.22. The first kappa shape index (κ1) is 15.1. The molecule has 3 aromatic rings. The molecule has 2 heterocycles. The number of hydrogen-bond donors (Lipinski definition) is 0. The van der Waals surface area contributed by atoms with Gasteiger partial charge in [0, 0.05) is 11.9 Å². The van der Waals surface area contributed by atoms with Crippen molar-refractivity contribution in [2.75, 3.05) is 7.05 Å². The van der Waals surface area contributed by atoms with Gasteiger partial charge in [-0.1, -0.05) is 12.1 Å². The summed E-state index contributed by atoms with van der Waals surface area (Å²) >= 11 is 4.98. The number of thiophene rings is 1. The Morgan fingerprint density at radius 3 is 2.82 bits per heavy atom. The second-order valence-corrected chi connectivity index (χ2v) is 7.43. The number of aromatic nitrogens is 1. The maximum atomic E-state index is 12.3. The Labute approximate surface area is 138 Å². The monoisotopic (exact) mass is 380 g/mol. The van der Waals surface area contributed by atoms with Crippen LogP contribution in [0.4, 0.5) is 0 Å². The second-order valence-electron chi connectivity index (χ2n) is 4.88. The standard InChI is InChI=1S/C15H13BrN2O3S/c1-17(8-10-6-7-13(16)22-10)14(19)9-18-11-4-2-3-5-12(11)21-15(18)20/h2-7H,8-9H2,1H3. The molecule has 114 valence electrons. The molecule has 0 N–H and O–H groups in total. The molecule has 1 aromatic carbocycles. The molecule has 22 heavy (non-hydrogen) atoms. The van der Waals surface area contributed by atoms with E-state index in [0.29, 0.717) is 17.6 Å². The summed E-state index contributed by atoms with van der Waals surface area (Å²) in [6.07, 6.45) is 0. The Morgan fingerprint density at radius 1 is 1.32 bits per heavy atom. The molecule has 0 aliphatic heterocycles. The predicted molar refractivity (Wildman–Crippen MR) is 89.0 cm³/mol. The van der Waals surface area contributed by atoms with Gasteiger partial charge in [0.25, 0.3) is 0 Å². The minimum atomic E-state index is -0.512. The van der Waals surface area contributed by atoms with Crippen molar-refractivity contribution in [1.82, 2.24) is 9.47 Å². The molecule has 0 saturated heterocycles. The number of nitrogens with zero attached hydrogens (tertiary/aromatic N) is 2. The van der Waals surface area contributed by atoms with Gasteiger partial charge in [-0.3, -0.25) is 9.36 Å². The van der Waals surface area contributed by atoms with Crippen LogP contribution in [-0.2, 0) is 17.9 Å². The number of hydrogen-bond acceptors (Lipinski definition) is 4. The molecule has 0 unspecified atom stereocenters. The molecule has 0 atom stereocenters. The highest BCUT2D eigenvalue weighted by atomic mass is 79.9. The average molecular weight is 381 g/mol. The van der Waals surface area contributed by atoms with Crippen molar-refractivity contribution < 1.29 is 9.21 Å². The molecule has 0 bridgehead atoms. The van der Waals surface area contributed by atoms with Gasteiger partial charge in [-0.05, 0) is 40.2 Å². The quantitative estimate of drug-likeness (QED) is 0.698. The zero-order valence-corrected chi connectivity index (χ0v) is 14.2. The number of benzene rings is 1. The van der Waals surface area contributed by atoms with Gasteiger partial charge in [-0.25, -0.2) is 4.79 Å². The number of rotatable bonds is 4. The summed E-state index contributed by atoms with van der Waals surface area (Å²) in [7, 11) is 1.73. The summed E-state index contributed by atoms with van der Waals surface area (Å²) in [5.74, 6) is -0.653. The predicted octanol–water partition coefficient (Wildman–Crippen LogP) is 3.08. The molecular formula is C15H13BrN2O3S. The zero-order valence-electron chi connectivity index (χ0n) is 11.8. The van der Waals surface area contributed by atoms with Gasteiger partial charge in [0.05, 0.1) is 15.8 Å². The van der Waals surface area contributed by atoms with Crippen LogP contribution in [0.1, 0.15) is 4.88 Å². The van der Waals surface area contributed by atoms with E-state index in [0.717, 1.165) is 8.66 Å². The van der Waals surface area contributed by atoms with Crippen LogP contribution >= 0.6 is 27.3 Å².